The molecule has 0 bridgehead atoms. The maximum Gasteiger partial charge on any atom is 0.251 e. The molecule has 1 N–H and O–H groups in total. The molecule has 0 spiro atoms. The van der Waals surface area contributed by atoms with Crippen LogP contribution in [0.1, 0.15) is 19.3 Å². The van der Waals surface area contributed by atoms with Crippen LogP contribution in [0.25, 0.3) is 0 Å². The summed E-state index contributed by atoms with van der Waals surface area (Å²) < 4.78 is 7.88. The maximum absolute atomic E-state index is 10.9. The number of rotatable bonds is 3. The summed E-state index contributed by atoms with van der Waals surface area (Å²) in [5.74, 6) is 0. The first-order chi connectivity index (χ1) is 7.25. The summed E-state index contributed by atoms with van der Waals surface area (Å²) >= 11 is 5.05. The third-order valence-electron chi connectivity index (χ3n) is 2.61. The van der Waals surface area contributed by atoms with Crippen LogP contribution >= 0.6 is 12.2 Å². The molecule has 15 heavy (non-hydrogen) atoms. The van der Waals surface area contributed by atoms with Crippen molar-refractivity contribution in [3.8, 4) is 0 Å². The number of aromatic nitrogens is 2. The molecule has 0 aliphatic carbocycles. The van der Waals surface area contributed by atoms with Gasteiger partial charge in [0.15, 0.2) is 4.77 Å². The molecule has 1 fully saturated rings. The average Bonchev–Trinajstić information content (AvgIpc) is 2.69. The minimum Gasteiger partial charge on any atom is -0.378 e. The van der Waals surface area contributed by atoms with Crippen molar-refractivity contribution < 1.29 is 4.74 Å². The minimum absolute atomic E-state index is 0.145. The van der Waals surface area contributed by atoms with E-state index in [1.54, 1.807) is 6.20 Å². The van der Waals surface area contributed by atoms with Gasteiger partial charge in [-0.1, -0.05) is 0 Å². The van der Waals surface area contributed by atoms with Gasteiger partial charge in [-0.25, -0.2) is 0 Å². The molecular formula is C10H14N2O2S. The largest absolute Gasteiger partial charge is 0.378 e. The predicted molar refractivity (Wildman–Crippen MR) is 59.5 cm³/mol. The highest BCUT2D eigenvalue weighted by Gasteiger charge is 2.14. The molecule has 1 unspecified atom stereocenters. The number of nitrogens with one attached hydrogen (secondary N) is 1. The van der Waals surface area contributed by atoms with Gasteiger partial charge in [-0.15, -0.1) is 0 Å². The highest BCUT2D eigenvalue weighted by atomic mass is 32.1. The Bertz CT molecular complexity index is 432. The van der Waals surface area contributed by atoms with Crippen LogP contribution in [0.5, 0.6) is 0 Å². The number of hydrogen-bond acceptors (Lipinski definition) is 3. The summed E-state index contributed by atoms with van der Waals surface area (Å²) in [4.78, 5) is 13.5. The van der Waals surface area contributed by atoms with Crippen molar-refractivity contribution in [3.05, 3.63) is 27.4 Å². The van der Waals surface area contributed by atoms with E-state index in [1.165, 1.54) is 6.07 Å². The Kier molecular flexibility index (Phi) is 3.33. The Labute approximate surface area is 92.9 Å². The lowest BCUT2D eigenvalue weighted by Crippen LogP contribution is -2.14. The fourth-order valence-electron chi connectivity index (χ4n) is 1.78. The fourth-order valence-corrected chi connectivity index (χ4v) is 2.03. The van der Waals surface area contributed by atoms with Gasteiger partial charge in [0, 0.05) is 25.4 Å². The number of hydrogen-bond donors (Lipinski definition) is 1. The van der Waals surface area contributed by atoms with Crippen molar-refractivity contribution in [3.63, 3.8) is 0 Å². The number of aryl methyl sites for hydroxylation is 1. The van der Waals surface area contributed by atoms with E-state index in [2.05, 4.69) is 4.98 Å². The van der Waals surface area contributed by atoms with Crippen molar-refractivity contribution in [1.82, 2.24) is 9.55 Å². The molecule has 0 radical (unpaired) electrons. The topological polar surface area (TPSA) is 47.0 Å². The van der Waals surface area contributed by atoms with Crippen molar-refractivity contribution in [2.24, 2.45) is 0 Å². The molecule has 1 saturated heterocycles. The van der Waals surface area contributed by atoms with Gasteiger partial charge in [0.25, 0.3) is 5.56 Å². The standard InChI is InChI=1S/C10H14N2O2S/c13-9-4-6-12(10(15)11-9)5-3-8-2-1-7-14-8/h4,6,8H,1-3,5,7H2,(H,11,13,15). The highest BCUT2D eigenvalue weighted by molar-refractivity contribution is 7.71. The summed E-state index contributed by atoms with van der Waals surface area (Å²) in [6, 6.07) is 1.49. The second-order valence-corrected chi connectivity index (χ2v) is 4.11. The SMILES string of the molecule is O=c1ccn(CCC2CCCO2)c(=S)[nH]1. The zero-order valence-electron chi connectivity index (χ0n) is 8.44. The van der Waals surface area contributed by atoms with Crippen LogP contribution in [-0.2, 0) is 11.3 Å². The normalized spacial score (nSPS) is 20.7. The Hall–Kier alpha value is -0.940. The number of nitrogens with zero attached hydrogens (tertiary/aromatic N) is 1. The molecule has 0 amide bonds. The Balaban J connectivity index is 1.98. The van der Waals surface area contributed by atoms with Gasteiger partial charge in [-0.05, 0) is 31.5 Å². The summed E-state index contributed by atoms with van der Waals surface area (Å²) in [6.45, 7) is 1.68. The lowest BCUT2D eigenvalue weighted by molar-refractivity contribution is 0.100. The first-order valence-electron chi connectivity index (χ1n) is 5.17. The highest BCUT2D eigenvalue weighted by Crippen LogP contribution is 2.15. The van der Waals surface area contributed by atoms with E-state index in [0.29, 0.717) is 10.9 Å². The molecule has 1 aliphatic heterocycles. The van der Waals surface area contributed by atoms with Crippen LogP contribution < -0.4 is 5.56 Å². The summed E-state index contributed by atoms with van der Waals surface area (Å²) in [6.07, 6.45) is 5.34. The molecule has 2 heterocycles. The lowest BCUT2D eigenvalue weighted by atomic mass is 10.2. The van der Waals surface area contributed by atoms with E-state index < -0.39 is 0 Å². The molecule has 1 atom stereocenters. The third kappa shape index (κ3) is 2.76. The zero-order chi connectivity index (χ0) is 10.7. The van der Waals surface area contributed by atoms with E-state index in [0.717, 1.165) is 32.4 Å². The van der Waals surface area contributed by atoms with Gasteiger partial charge in [-0.3, -0.25) is 9.78 Å². The van der Waals surface area contributed by atoms with Crippen molar-refractivity contribution >= 4 is 12.2 Å². The second kappa shape index (κ2) is 4.72. The molecule has 1 aromatic heterocycles. The van der Waals surface area contributed by atoms with Crippen LogP contribution in [0.15, 0.2) is 17.1 Å². The molecule has 82 valence electrons. The Morgan fingerprint density at radius 1 is 1.67 bits per heavy atom. The zero-order valence-corrected chi connectivity index (χ0v) is 9.26. The molecule has 0 saturated carbocycles. The van der Waals surface area contributed by atoms with E-state index in [1.807, 2.05) is 4.57 Å². The summed E-state index contributed by atoms with van der Waals surface area (Å²) in [5.41, 5.74) is -0.145. The van der Waals surface area contributed by atoms with Crippen molar-refractivity contribution in [1.29, 1.82) is 0 Å². The van der Waals surface area contributed by atoms with E-state index in [-0.39, 0.29) is 5.56 Å². The average molecular weight is 226 g/mol. The molecule has 4 nitrogen and oxygen atoms in total. The summed E-state index contributed by atoms with van der Waals surface area (Å²) in [7, 11) is 0. The molecule has 5 heteroatoms. The van der Waals surface area contributed by atoms with Gasteiger partial charge >= 0.3 is 0 Å². The number of aromatic amines is 1. The Morgan fingerprint density at radius 3 is 3.20 bits per heavy atom. The first-order valence-corrected chi connectivity index (χ1v) is 5.58. The van der Waals surface area contributed by atoms with E-state index >= 15 is 0 Å². The van der Waals surface area contributed by atoms with Gasteiger partial charge in [0.05, 0.1) is 6.10 Å². The van der Waals surface area contributed by atoms with Gasteiger partial charge in [-0.2, -0.15) is 0 Å². The van der Waals surface area contributed by atoms with Crippen LogP contribution in [-0.4, -0.2) is 22.3 Å². The molecule has 1 aromatic rings. The van der Waals surface area contributed by atoms with Gasteiger partial charge in [0.1, 0.15) is 0 Å². The Morgan fingerprint density at radius 2 is 2.53 bits per heavy atom. The molecule has 0 aromatic carbocycles. The maximum atomic E-state index is 10.9. The van der Waals surface area contributed by atoms with Gasteiger partial charge < -0.3 is 9.30 Å². The van der Waals surface area contributed by atoms with E-state index in [4.69, 9.17) is 17.0 Å². The fraction of sp³-hybridized carbons (Fsp3) is 0.600. The molecular weight excluding hydrogens is 212 g/mol. The smallest absolute Gasteiger partial charge is 0.251 e. The summed E-state index contributed by atoms with van der Waals surface area (Å²) in [5, 5.41) is 0. The van der Waals surface area contributed by atoms with Gasteiger partial charge in [0.2, 0.25) is 0 Å². The van der Waals surface area contributed by atoms with E-state index in [9.17, 15) is 4.79 Å². The lowest BCUT2D eigenvalue weighted by Gasteiger charge is -2.10. The predicted octanol–water partition coefficient (Wildman–Crippen LogP) is 1.47. The third-order valence-corrected chi connectivity index (χ3v) is 2.95. The molecule has 2 rings (SSSR count). The number of ether oxygens (including phenoxy) is 1. The number of H-pyrrole nitrogens is 1. The van der Waals surface area contributed by atoms with Crippen molar-refractivity contribution in [2.75, 3.05) is 6.61 Å². The van der Waals surface area contributed by atoms with Crippen LogP contribution in [0.3, 0.4) is 0 Å². The van der Waals surface area contributed by atoms with Crippen LogP contribution in [0.2, 0.25) is 0 Å². The monoisotopic (exact) mass is 226 g/mol. The quantitative estimate of drug-likeness (QED) is 0.794. The minimum atomic E-state index is -0.145. The first kappa shape index (κ1) is 10.6. The van der Waals surface area contributed by atoms with Crippen molar-refractivity contribution in [2.45, 2.75) is 31.9 Å². The van der Waals surface area contributed by atoms with Crippen LogP contribution in [0, 0.1) is 4.77 Å². The van der Waals surface area contributed by atoms with Crippen LogP contribution in [0.4, 0.5) is 0 Å². The molecule has 1 aliphatic rings. The second-order valence-electron chi connectivity index (χ2n) is 3.73.